The minimum Gasteiger partial charge on any atom is -0.443 e. The number of hydrogen-bond donors (Lipinski definition) is 0. The van der Waals surface area contributed by atoms with Crippen molar-refractivity contribution >= 4 is 17.7 Å². The molecule has 0 spiro atoms. The van der Waals surface area contributed by atoms with Gasteiger partial charge in [0.05, 0.1) is 18.3 Å². The zero-order chi connectivity index (χ0) is 12.6. The van der Waals surface area contributed by atoms with Crippen molar-refractivity contribution in [3.8, 4) is 0 Å². The molecular weight excluding hydrogens is 220 g/mol. The summed E-state index contributed by atoms with van der Waals surface area (Å²) in [4.78, 5) is 28.6. The summed E-state index contributed by atoms with van der Waals surface area (Å²) >= 11 is 0. The minimum absolute atomic E-state index is 0.219. The lowest BCUT2D eigenvalue weighted by Crippen LogP contribution is -2.38. The highest BCUT2D eigenvalue weighted by Crippen LogP contribution is 2.28. The van der Waals surface area contributed by atoms with Gasteiger partial charge in [0, 0.05) is 6.20 Å². The molecule has 0 N–H and O–H groups in total. The molecule has 0 saturated carbocycles. The number of rotatable bonds is 0. The van der Waals surface area contributed by atoms with Gasteiger partial charge in [0.2, 0.25) is 5.91 Å². The summed E-state index contributed by atoms with van der Waals surface area (Å²) in [5.41, 5.74) is 0.699. The highest BCUT2D eigenvalue weighted by atomic mass is 16.6. The molecule has 2 heterocycles. The number of carbonyl (C=O) groups excluding carboxylic acids is 2. The Morgan fingerprint density at radius 1 is 1.47 bits per heavy atom. The molecule has 2 rings (SSSR count). The summed E-state index contributed by atoms with van der Waals surface area (Å²) in [7, 11) is 0. The van der Waals surface area contributed by atoms with Gasteiger partial charge in [0.15, 0.2) is 0 Å². The maximum atomic E-state index is 11.9. The zero-order valence-corrected chi connectivity index (χ0v) is 10.1. The van der Waals surface area contributed by atoms with E-state index in [0.29, 0.717) is 5.69 Å². The monoisotopic (exact) mass is 234 g/mol. The number of carbonyl (C=O) groups is 2. The fourth-order valence-electron chi connectivity index (χ4n) is 1.65. The Hall–Kier alpha value is -1.91. The number of ether oxygens (including phenoxy) is 1. The average Bonchev–Trinajstić information content (AvgIpc) is 2.50. The van der Waals surface area contributed by atoms with Crippen LogP contribution in [-0.2, 0) is 16.0 Å². The number of amides is 2. The number of nitrogens with zero attached hydrogens (tertiary/aromatic N) is 2. The van der Waals surface area contributed by atoms with Crippen molar-refractivity contribution < 1.29 is 14.3 Å². The first-order valence-electron chi connectivity index (χ1n) is 5.37. The van der Waals surface area contributed by atoms with E-state index in [1.54, 1.807) is 33.0 Å². The van der Waals surface area contributed by atoms with Crippen LogP contribution in [0.3, 0.4) is 0 Å². The molecule has 0 bridgehead atoms. The molecule has 0 fully saturated rings. The Balaban J connectivity index is 2.28. The third kappa shape index (κ3) is 2.27. The molecule has 1 aliphatic heterocycles. The summed E-state index contributed by atoms with van der Waals surface area (Å²) in [6.45, 7) is 5.28. The number of pyridine rings is 1. The minimum atomic E-state index is -0.644. The van der Waals surface area contributed by atoms with E-state index in [1.807, 2.05) is 0 Å². The first-order chi connectivity index (χ1) is 7.88. The maximum Gasteiger partial charge on any atom is 0.421 e. The van der Waals surface area contributed by atoms with Gasteiger partial charge in [-0.1, -0.05) is 0 Å². The Kier molecular flexibility index (Phi) is 2.61. The number of hydrogen-bond acceptors (Lipinski definition) is 4. The number of fused-ring (bicyclic) bond motifs is 1. The first kappa shape index (κ1) is 11.6. The second-order valence-corrected chi connectivity index (χ2v) is 4.89. The van der Waals surface area contributed by atoms with Crippen molar-refractivity contribution in [3.05, 3.63) is 24.0 Å². The molecule has 0 atom stereocenters. The molecule has 0 radical (unpaired) electrons. The van der Waals surface area contributed by atoms with Crippen molar-refractivity contribution in [1.29, 1.82) is 0 Å². The Labute approximate surface area is 99.4 Å². The van der Waals surface area contributed by atoms with Gasteiger partial charge in [-0.25, -0.2) is 9.69 Å². The summed E-state index contributed by atoms with van der Waals surface area (Å²) in [5.74, 6) is -0.276. The van der Waals surface area contributed by atoms with Crippen molar-refractivity contribution in [2.75, 3.05) is 4.90 Å². The van der Waals surface area contributed by atoms with Gasteiger partial charge < -0.3 is 4.74 Å². The van der Waals surface area contributed by atoms with Gasteiger partial charge in [0.25, 0.3) is 0 Å². The Morgan fingerprint density at radius 2 is 2.18 bits per heavy atom. The highest BCUT2D eigenvalue weighted by Gasteiger charge is 2.35. The maximum absolute atomic E-state index is 11.9. The standard InChI is InChI=1S/C12H14N2O3/c1-12(2,3)17-11(16)14-9-7-13-5-4-8(9)6-10(14)15/h4-5,7H,6H2,1-3H3. The molecule has 0 saturated heterocycles. The third-order valence-corrected chi connectivity index (χ3v) is 2.30. The van der Waals surface area contributed by atoms with E-state index in [0.717, 1.165) is 10.5 Å². The summed E-state index contributed by atoms with van der Waals surface area (Å²) < 4.78 is 5.19. The Morgan fingerprint density at radius 3 is 2.82 bits per heavy atom. The lowest BCUT2D eigenvalue weighted by molar-refractivity contribution is -0.117. The van der Waals surface area contributed by atoms with E-state index < -0.39 is 11.7 Å². The smallest absolute Gasteiger partial charge is 0.421 e. The second-order valence-electron chi connectivity index (χ2n) is 4.89. The van der Waals surface area contributed by atoms with Crippen LogP contribution in [0.1, 0.15) is 26.3 Å². The van der Waals surface area contributed by atoms with Gasteiger partial charge in [-0.2, -0.15) is 0 Å². The van der Waals surface area contributed by atoms with Crippen molar-refractivity contribution in [3.63, 3.8) is 0 Å². The molecule has 5 nitrogen and oxygen atoms in total. The van der Waals surface area contributed by atoms with E-state index >= 15 is 0 Å². The fraction of sp³-hybridized carbons (Fsp3) is 0.417. The quantitative estimate of drug-likeness (QED) is 0.688. The molecule has 5 heteroatoms. The van der Waals surface area contributed by atoms with Gasteiger partial charge in [-0.05, 0) is 32.4 Å². The lowest BCUT2D eigenvalue weighted by Gasteiger charge is -2.23. The van der Waals surface area contributed by atoms with Crippen LogP contribution in [0.2, 0.25) is 0 Å². The number of anilines is 1. The van der Waals surface area contributed by atoms with Gasteiger partial charge in [-0.3, -0.25) is 9.78 Å². The van der Waals surface area contributed by atoms with E-state index in [4.69, 9.17) is 4.74 Å². The van der Waals surface area contributed by atoms with Gasteiger partial charge >= 0.3 is 6.09 Å². The van der Waals surface area contributed by atoms with Crippen LogP contribution in [0.5, 0.6) is 0 Å². The van der Waals surface area contributed by atoms with E-state index in [1.165, 1.54) is 6.20 Å². The number of imide groups is 1. The molecule has 1 aromatic rings. The van der Waals surface area contributed by atoms with Crippen LogP contribution in [0.4, 0.5) is 10.5 Å². The van der Waals surface area contributed by atoms with Crippen LogP contribution in [-0.4, -0.2) is 22.6 Å². The second kappa shape index (κ2) is 3.84. The molecule has 17 heavy (non-hydrogen) atoms. The van der Waals surface area contributed by atoms with Gasteiger partial charge in [-0.15, -0.1) is 0 Å². The van der Waals surface area contributed by atoms with E-state index in [9.17, 15) is 9.59 Å². The molecule has 0 unspecified atom stereocenters. The molecule has 2 amide bonds. The van der Waals surface area contributed by atoms with Crippen LogP contribution >= 0.6 is 0 Å². The van der Waals surface area contributed by atoms with Crippen LogP contribution < -0.4 is 4.90 Å². The summed E-state index contributed by atoms with van der Waals surface area (Å²) in [6.07, 6.45) is 2.68. The SMILES string of the molecule is CC(C)(C)OC(=O)N1C(=O)Cc2ccncc21. The Bertz CT molecular complexity index is 477. The zero-order valence-electron chi connectivity index (χ0n) is 10.1. The molecule has 90 valence electrons. The average molecular weight is 234 g/mol. The predicted molar refractivity (Wildman–Crippen MR) is 61.7 cm³/mol. The largest absolute Gasteiger partial charge is 0.443 e. The molecule has 1 aromatic heterocycles. The van der Waals surface area contributed by atoms with Crippen LogP contribution in [0.15, 0.2) is 18.5 Å². The van der Waals surface area contributed by atoms with E-state index in [2.05, 4.69) is 4.98 Å². The molecule has 0 aliphatic carbocycles. The molecule has 0 aromatic carbocycles. The first-order valence-corrected chi connectivity index (χ1v) is 5.37. The predicted octanol–water partition coefficient (Wildman–Crippen LogP) is 1.91. The van der Waals surface area contributed by atoms with Crippen molar-refractivity contribution in [2.24, 2.45) is 0 Å². The van der Waals surface area contributed by atoms with Crippen LogP contribution in [0, 0.1) is 0 Å². The third-order valence-electron chi connectivity index (χ3n) is 2.30. The number of aromatic nitrogens is 1. The summed E-state index contributed by atoms with van der Waals surface area (Å²) in [5, 5.41) is 0. The van der Waals surface area contributed by atoms with E-state index in [-0.39, 0.29) is 12.3 Å². The summed E-state index contributed by atoms with van der Waals surface area (Å²) in [6, 6.07) is 1.73. The van der Waals surface area contributed by atoms with Gasteiger partial charge in [0.1, 0.15) is 5.60 Å². The topological polar surface area (TPSA) is 59.5 Å². The molecular formula is C12H14N2O3. The van der Waals surface area contributed by atoms with Crippen LogP contribution in [0.25, 0.3) is 0 Å². The molecule has 1 aliphatic rings. The normalized spacial score (nSPS) is 14.8. The van der Waals surface area contributed by atoms with Crippen molar-refractivity contribution in [2.45, 2.75) is 32.8 Å². The van der Waals surface area contributed by atoms with Crippen molar-refractivity contribution in [1.82, 2.24) is 4.98 Å². The fourth-order valence-corrected chi connectivity index (χ4v) is 1.65. The lowest BCUT2D eigenvalue weighted by atomic mass is 10.2. The highest BCUT2D eigenvalue weighted by molar-refractivity contribution is 6.16.